The van der Waals surface area contributed by atoms with Crippen molar-refractivity contribution in [2.75, 3.05) is 5.43 Å². The molecule has 4 heteroatoms. The smallest absolute Gasteiger partial charge is 0.0981 e. The molecule has 0 saturated carbocycles. The zero-order valence-electron chi connectivity index (χ0n) is 24.4. The fraction of sp³-hybridized carbons (Fsp3) is 0.0244. The summed E-state index contributed by atoms with van der Waals surface area (Å²) in [4.78, 5) is 4.23. The predicted molar refractivity (Wildman–Crippen MR) is 188 cm³/mol. The van der Waals surface area contributed by atoms with Crippen LogP contribution in [0.4, 0.5) is 5.69 Å². The maximum absolute atomic E-state index is 9.61. The molecule has 6 aromatic rings. The van der Waals surface area contributed by atoms with Crippen LogP contribution in [-0.4, -0.2) is 16.4 Å². The van der Waals surface area contributed by atoms with Crippen LogP contribution in [0.25, 0.3) is 49.4 Å². The number of hydrogen-bond donors (Lipinski definition) is 2. The van der Waals surface area contributed by atoms with Gasteiger partial charge in [0.15, 0.2) is 0 Å². The van der Waals surface area contributed by atoms with Crippen LogP contribution >= 0.6 is 0 Å². The number of benzene rings is 5. The number of hydrazone groups is 1. The molecule has 0 aliphatic heterocycles. The quantitative estimate of drug-likeness (QED) is 0.122. The summed E-state index contributed by atoms with van der Waals surface area (Å²) in [6.07, 6.45) is 11.8. The lowest BCUT2D eigenvalue weighted by atomic mass is 9.76. The molecule has 8 rings (SSSR count). The van der Waals surface area contributed by atoms with E-state index in [0.717, 1.165) is 55.1 Å². The van der Waals surface area contributed by atoms with Gasteiger partial charge in [-0.25, -0.2) is 0 Å². The zero-order chi connectivity index (χ0) is 30.2. The van der Waals surface area contributed by atoms with E-state index in [0.29, 0.717) is 11.4 Å². The molecular weight excluding hydrogens is 548 g/mol. The second-order valence-corrected chi connectivity index (χ2v) is 11.2. The predicted octanol–water partition coefficient (Wildman–Crippen LogP) is 9.87. The fourth-order valence-corrected chi connectivity index (χ4v) is 6.45. The summed E-state index contributed by atoms with van der Waals surface area (Å²) in [7, 11) is 0. The summed E-state index contributed by atoms with van der Waals surface area (Å²) in [5, 5.41) is 19.0. The van der Waals surface area contributed by atoms with Crippen molar-refractivity contribution >= 4 is 44.2 Å². The van der Waals surface area contributed by atoms with Gasteiger partial charge in [-0.2, -0.15) is 5.10 Å². The van der Waals surface area contributed by atoms with Crippen molar-refractivity contribution in [3.63, 3.8) is 0 Å². The normalized spacial score (nSPS) is 16.5. The molecule has 2 N–H and O–H groups in total. The van der Waals surface area contributed by atoms with E-state index in [-0.39, 0.29) is 5.92 Å². The van der Waals surface area contributed by atoms with Gasteiger partial charge in [0, 0.05) is 23.5 Å². The monoisotopic (exact) mass is 576 g/mol. The molecule has 1 aromatic heterocycles. The molecule has 2 aliphatic rings. The Balaban J connectivity index is 1.27. The average Bonchev–Trinajstić information content (AvgIpc) is 3.11. The third-order valence-corrected chi connectivity index (χ3v) is 8.55. The molecule has 0 fully saturated rings. The summed E-state index contributed by atoms with van der Waals surface area (Å²) in [6.45, 7) is 0. The summed E-state index contributed by atoms with van der Waals surface area (Å²) >= 11 is 0. The van der Waals surface area contributed by atoms with Gasteiger partial charge in [0.05, 0.1) is 23.0 Å². The molecule has 1 atom stereocenters. The standard InChI is InChI=1S/C41H28N4/c42-40-37(39-35-18-8-6-16-33(35)38(28-11-2-1-3-12-28)34-17-7-9-19-36(34)39)25-29-13-4-5-15-32(29)41(40)45-44-31-22-20-27(21-23-31)30-14-10-24-43-26-30/h1-12,14-26,32,42,44H/b42-40?,45-41-. The summed E-state index contributed by atoms with van der Waals surface area (Å²) in [6, 6.07) is 39.8. The van der Waals surface area contributed by atoms with E-state index < -0.39 is 0 Å². The van der Waals surface area contributed by atoms with Crippen molar-refractivity contribution in [1.29, 1.82) is 5.41 Å². The minimum absolute atomic E-state index is 0.158. The van der Waals surface area contributed by atoms with Gasteiger partial charge in [-0.1, -0.05) is 109 Å². The minimum Gasteiger partial charge on any atom is -0.298 e. The molecular formula is C41H28N4. The van der Waals surface area contributed by atoms with Gasteiger partial charge in [0.1, 0.15) is 0 Å². The van der Waals surface area contributed by atoms with Crippen LogP contribution in [0.5, 0.6) is 0 Å². The number of rotatable bonds is 5. The van der Waals surface area contributed by atoms with E-state index in [1.807, 2.05) is 42.6 Å². The number of aromatic nitrogens is 1. The highest BCUT2D eigenvalue weighted by molar-refractivity contribution is 6.60. The Labute approximate surface area is 261 Å². The van der Waals surface area contributed by atoms with Crippen molar-refractivity contribution < 1.29 is 0 Å². The maximum Gasteiger partial charge on any atom is 0.0981 e. The minimum atomic E-state index is -0.158. The number of nitrogens with one attached hydrogen (secondary N) is 2. The van der Waals surface area contributed by atoms with Crippen molar-refractivity contribution in [3.8, 4) is 22.3 Å². The first-order chi connectivity index (χ1) is 22.3. The van der Waals surface area contributed by atoms with Crippen LogP contribution in [0.15, 0.2) is 168 Å². The Bertz CT molecular complexity index is 2210. The number of anilines is 1. The van der Waals surface area contributed by atoms with Crippen molar-refractivity contribution in [2.24, 2.45) is 11.0 Å². The number of pyridine rings is 1. The number of fused-ring (bicyclic) bond motifs is 3. The molecule has 0 amide bonds. The Morgan fingerprint density at radius 1 is 0.667 bits per heavy atom. The molecule has 212 valence electrons. The molecule has 2 aliphatic carbocycles. The van der Waals surface area contributed by atoms with E-state index in [2.05, 4.69) is 119 Å². The largest absolute Gasteiger partial charge is 0.298 e. The fourth-order valence-electron chi connectivity index (χ4n) is 6.45. The van der Waals surface area contributed by atoms with Gasteiger partial charge >= 0.3 is 0 Å². The molecule has 0 saturated heterocycles. The number of allylic oxidation sites excluding steroid dienone is 5. The zero-order valence-corrected chi connectivity index (χ0v) is 24.4. The van der Waals surface area contributed by atoms with Crippen LogP contribution in [0.1, 0.15) is 5.56 Å². The molecule has 1 unspecified atom stereocenters. The van der Waals surface area contributed by atoms with Crippen molar-refractivity contribution in [1.82, 2.24) is 4.98 Å². The van der Waals surface area contributed by atoms with Gasteiger partial charge in [-0.15, -0.1) is 5.73 Å². The Morgan fingerprint density at radius 3 is 1.98 bits per heavy atom. The van der Waals surface area contributed by atoms with Gasteiger partial charge in [-0.05, 0) is 79.7 Å². The third kappa shape index (κ3) is 4.71. The summed E-state index contributed by atoms with van der Waals surface area (Å²) in [5.74, 6) is -0.158. The van der Waals surface area contributed by atoms with Crippen LogP contribution < -0.4 is 5.43 Å². The Morgan fingerprint density at radius 2 is 1.31 bits per heavy atom. The lowest BCUT2D eigenvalue weighted by Crippen LogP contribution is -2.30. The Hall–Kier alpha value is -6.09. The highest BCUT2D eigenvalue weighted by Crippen LogP contribution is 2.44. The first-order valence-electron chi connectivity index (χ1n) is 15.0. The van der Waals surface area contributed by atoms with E-state index in [1.54, 1.807) is 6.20 Å². The topological polar surface area (TPSA) is 61.1 Å². The van der Waals surface area contributed by atoms with E-state index in [9.17, 15) is 5.41 Å². The second-order valence-electron chi connectivity index (χ2n) is 11.2. The molecule has 0 spiro atoms. The Kier molecular flexibility index (Phi) is 6.60. The highest BCUT2D eigenvalue weighted by Gasteiger charge is 2.32. The van der Waals surface area contributed by atoms with E-state index >= 15 is 0 Å². The van der Waals surface area contributed by atoms with Crippen molar-refractivity contribution in [2.45, 2.75) is 0 Å². The molecule has 0 bridgehead atoms. The van der Waals surface area contributed by atoms with Gasteiger partial charge in [-0.3, -0.25) is 15.8 Å². The maximum atomic E-state index is 9.61. The number of nitrogens with zero attached hydrogens (tertiary/aromatic N) is 2. The molecule has 4 nitrogen and oxygen atoms in total. The van der Waals surface area contributed by atoms with Crippen LogP contribution in [0, 0.1) is 11.3 Å². The van der Waals surface area contributed by atoms with Gasteiger partial charge in [0.2, 0.25) is 0 Å². The van der Waals surface area contributed by atoms with Gasteiger partial charge < -0.3 is 0 Å². The van der Waals surface area contributed by atoms with E-state index in [4.69, 9.17) is 5.10 Å². The van der Waals surface area contributed by atoms with Crippen LogP contribution in [0.2, 0.25) is 0 Å². The molecule has 45 heavy (non-hydrogen) atoms. The van der Waals surface area contributed by atoms with Crippen molar-refractivity contribution in [3.05, 3.63) is 169 Å². The van der Waals surface area contributed by atoms with E-state index in [1.165, 1.54) is 11.1 Å². The average molecular weight is 577 g/mol. The SMILES string of the molecule is N=C1C(c2c3ccccc3c(-c3ccccc3)c3ccccc23)=CC2=C=CC=CC2/C1=N/Nc1ccc(-c2cccnc2)cc1. The second kappa shape index (κ2) is 11.2. The lowest BCUT2D eigenvalue weighted by molar-refractivity contribution is 1.05. The van der Waals surface area contributed by atoms with Crippen LogP contribution in [0.3, 0.4) is 0 Å². The highest BCUT2D eigenvalue weighted by atomic mass is 15.3. The third-order valence-electron chi connectivity index (χ3n) is 8.55. The van der Waals surface area contributed by atoms with Gasteiger partial charge in [0.25, 0.3) is 0 Å². The number of hydrogen-bond acceptors (Lipinski definition) is 4. The molecule has 1 heterocycles. The van der Waals surface area contributed by atoms with Crippen LogP contribution in [-0.2, 0) is 0 Å². The summed E-state index contributed by atoms with van der Waals surface area (Å²) < 4.78 is 0. The first-order valence-corrected chi connectivity index (χ1v) is 15.0. The lowest BCUT2D eigenvalue weighted by Gasteiger charge is -2.27. The summed E-state index contributed by atoms with van der Waals surface area (Å²) in [5.41, 5.74) is 16.0. The first kappa shape index (κ1) is 26.5. The molecule has 0 radical (unpaired) electrons. The molecule has 5 aromatic carbocycles.